The molecule has 0 saturated heterocycles. The largest absolute Gasteiger partial charge is 0.459 e. The third-order valence-electron chi connectivity index (χ3n) is 3.46. The number of halogens is 2. The zero-order chi connectivity index (χ0) is 17.4. The molecule has 1 aliphatic heterocycles. The van der Waals surface area contributed by atoms with Crippen LogP contribution in [0.2, 0.25) is 10.0 Å². The first-order chi connectivity index (χ1) is 12.1. The Labute approximate surface area is 152 Å². The van der Waals surface area contributed by atoms with Crippen LogP contribution in [0.3, 0.4) is 0 Å². The fraction of sp³-hybridized carbons (Fsp3) is 0. The third-order valence-corrected chi connectivity index (χ3v) is 4.20. The highest BCUT2D eigenvalue weighted by molar-refractivity contribution is 6.42. The van der Waals surface area contributed by atoms with Crippen molar-refractivity contribution in [1.29, 1.82) is 0 Å². The number of cyclic esters (lactones) is 1. The summed E-state index contributed by atoms with van der Waals surface area (Å²) in [4.78, 5) is 16.1. The minimum atomic E-state index is -0.570. The Bertz CT molecular complexity index is 1020. The summed E-state index contributed by atoms with van der Waals surface area (Å²) < 4.78 is 16.0. The zero-order valence-electron chi connectivity index (χ0n) is 12.5. The second kappa shape index (κ2) is 6.27. The number of rotatable bonds is 3. The summed E-state index contributed by atoms with van der Waals surface area (Å²) in [6.45, 7) is 0. The van der Waals surface area contributed by atoms with E-state index in [1.165, 1.54) is 12.3 Å². The van der Waals surface area contributed by atoms with E-state index in [-0.39, 0.29) is 11.6 Å². The van der Waals surface area contributed by atoms with Gasteiger partial charge in [0.05, 0.1) is 16.3 Å². The number of hydrogen-bond acceptors (Lipinski definition) is 5. The van der Waals surface area contributed by atoms with Gasteiger partial charge < -0.3 is 13.6 Å². The Morgan fingerprint density at radius 3 is 2.64 bits per heavy atom. The molecule has 0 amide bonds. The van der Waals surface area contributed by atoms with Crippen LogP contribution in [0.15, 0.2) is 68.3 Å². The normalized spacial score (nSPS) is 15.5. The quantitative estimate of drug-likeness (QED) is 0.467. The highest BCUT2D eigenvalue weighted by atomic mass is 35.5. The summed E-state index contributed by atoms with van der Waals surface area (Å²) >= 11 is 11.9. The van der Waals surface area contributed by atoms with Crippen LogP contribution in [0.5, 0.6) is 0 Å². The van der Waals surface area contributed by atoms with Crippen LogP contribution in [0.4, 0.5) is 0 Å². The molecule has 0 atom stereocenters. The topological polar surface area (TPSA) is 64.9 Å². The smallest absolute Gasteiger partial charge is 0.364 e. The molecule has 1 aromatic carbocycles. The lowest BCUT2D eigenvalue weighted by Gasteiger charge is -1.99. The number of hydrogen-bond donors (Lipinski definition) is 0. The van der Waals surface area contributed by atoms with Crippen molar-refractivity contribution < 1.29 is 18.4 Å². The van der Waals surface area contributed by atoms with Gasteiger partial charge in [0, 0.05) is 11.6 Å². The molecule has 2 aromatic heterocycles. The van der Waals surface area contributed by atoms with Crippen molar-refractivity contribution in [3.8, 4) is 11.3 Å². The van der Waals surface area contributed by atoms with Gasteiger partial charge in [-0.25, -0.2) is 9.79 Å². The van der Waals surface area contributed by atoms with Crippen LogP contribution in [-0.4, -0.2) is 11.9 Å². The molecule has 124 valence electrons. The average Bonchev–Trinajstić information content (AvgIpc) is 3.32. The van der Waals surface area contributed by atoms with E-state index in [2.05, 4.69) is 4.99 Å². The van der Waals surface area contributed by atoms with Crippen molar-refractivity contribution in [3.63, 3.8) is 0 Å². The maximum Gasteiger partial charge on any atom is 0.364 e. The van der Waals surface area contributed by atoms with Crippen LogP contribution < -0.4 is 0 Å². The maximum atomic E-state index is 11.9. The van der Waals surface area contributed by atoms with Gasteiger partial charge in [-0.15, -0.1) is 0 Å². The Morgan fingerprint density at radius 1 is 1.00 bits per heavy atom. The molecule has 3 heterocycles. The van der Waals surface area contributed by atoms with Gasteiger partial charge in [-0.1, -0.05) is 23.2 Å². The standard InChI is InChI=1S/C18H9Cl2NO4/c19-12-5-3-10(8-13(12)20)15-6-4-11(24-15)9-14-18(22)25-17(21-14)16-2-1-7-23-16/h1-9H/b14-9-. The minimum absolute atomic E-state index is 0.123. The van der Waals surface area contributed by atoms with Crippen molar-refractivity contribution in [2.45, 2.75) is 0 Å². The molecule has 25 heavy (non-hydrogen) atoms. The molecular formula is C18H9Cl2NO4. The van der Waals surface area contributed by atoms with E-state index in [4.69, 9.17) is 36.8 Å². The van der Waals surface area contributed by atoms with E-state index in [0.29, 0.717) is 27.3 Å². The molecule has 0 unspecified atom stereocenters. The SMILES string of the molecule is O=C1OC(c2ccco2)=N/C1=C\c1ccc(-c2ccc(Cl)c(Cl)c2)o1. The van der Waals surface area contributed by atoms with Crippen LogP contribution in [0.25, 0.3) is 17.4 Å². The summed E-state index contributed by atoms with van der Waals surface area (Å²) in [5, 5.41) is 0.898. The van der Waals surface area contributed by atoms with Gasteiger partial charge in [-0.3, -0.25) is 0 Å². The van der Waals surface area contributed by atoms with Crippen LogP contribution in [0, 0.1) is 0 Å². The molecule has 0 spiro atoms. The molecule has 0 radical (unpaired) electrons. The van der Waals surface area contributed by atoms with Crippen molar-refractivity contribution >= 4 is 41.1 Å². The number of ether oxygens (including phenoxy) is 1. The molecule has 0 bridgehead atoms. The molecule has 0 aliphatic carbocycles. The van der Waals surface area contributed by atoms with Crippen LogP contribution in [-0.2, 0) is 9.53 Å². The fourth-order valence-corrected chi connectivity index (χ4v) is 2.58. The van der Waals surface area contributed by atoms with E-state index < -0.39 is 5.97 Å². The highest BCUT2D eigenvalue weighted by Crippen LogP contribution is 2.30. The number of aliphatic imine (C=N–C) groups is 1. The molecule has 0 N–H and O–H groups in total. The van der Waals surface area contributed by atoms with Crippen LogP contribution >= 0.6 is 23.2 Å². The molecule has 1 aliphatic rings. The first-order valence-electron chi connectivity index (χ1n) is 7.22. The number of furan rings is 2. The van der Waals surface area contributed by atoms with Crippen LogP contribution in [0.1, 0.15) is 11.5 Å². The summed E-state index contributed by atoms with van der Waals surface area (Å²) in [7, 11) is 0. The fourth-order valence-electron chi connectivity index (χ4n) is 2.28. The van der Waals surface area contributed by atoms with E-state index >= 15 is 0 Å². The van der Waals surface area contributed by atoms with Gasteiger partial charge in [0.25, 0.3) is 5.90 Å². The summed E-state index contributed by atoms with van der Waals surface area (Å²) in [6, 6.07) is 12.0. The Morgan fingerprint density at radius 2 is 1.88 bits per heavy atom. The Kier molecular flexibility index (Phi) is 3.95. The maximum absolute atomic E-state index is 11.9. The van der Waals surface area contributed by atoms with Gasteiger partial charge >= 0.3 is 5.97 Å². The second-order valence-corrected chi connectivity index (χ2v) is 5.96. The van der Waals surface area contributed by atoms with Gasteiger partial charge in [-0.2, -0.15) is 0 Å². The molecule has 0 saturated carbocycles. The number of nitrogens with zero attached hydrogens (tertiary/aromatic N) is 1. The van der Waals surface area contributed by atoms with Gasteiger partial charge in [-0.05, 0) is 42.5 Å². The molecular weight excluding hydrogens is 365 g/mol. The lowest BCUT2D eigenvalue weighted by Crippen LogP contribution is -2.04. The zero-order valence-corrected chi connectivity index (χ0v) is 14.0. The van der Waals surface area contributed by atoms with Crippen molar-refractivity contribution in [1.82, 2.24) is 0 Å². The Hall–Kier alpha value is -2.76. The predicted molar refractivity (Wildman–Crippen MR) is 93.5 cm³/mol. The number of carbonyl (C=O) groups is 1. The van der Waals surface area contributed by atoms with Gasteiger partial charge in [0.15, 0.2) is 11.5 Å². The third kappa shape index (κ3) is 3.12. The first-order valence-corrected chi connectivity index (χ1v) is 7.97. The van der Waals surface area contributed by atoms with E-state index in [9.17, 15) is 4.79 Å². The average molecular weight is 374 g/mol. The van der Waals surface area contributed by atoms with Crippen molar-refractivity contribution in [3.05, 3.63) is 76.0 Å². The number of esters is 1. The Balaban J connectivity index is 1.63. The van der Waals surface area contributed by atoms with Gasteiger partial charge in [0.1, 0.15) is 11.5 Å². The van der Waals surface area contributed by atoms with Crippen molar-refractivity contribution in [2.24, 2.45) is 4.99 Å². The molecule has 7 heteroatoms. The molecule has 3 aromatic rings. The minimum Gasteiger partial charge on any atom is -0.459 e. The van der Waals surface area contributed by atoms with Gasteiger partial charge in [0.2, 0.25) is 0 Å². The summed E-state index contributed by atoms with van der Waals surface area (Å²) in [6.07, 6.45) is 2.97. The predicted octanol–water partition coefficient (Wildman–Crippen LogP) is 5.19. The van der Waals surface area contributed by atoms with E-state index in [1.54, 1.807) is 42.5 Å². The monoisotopic (exact) mass is 373 g/mol. The molecule has 4 rings (SSSR count). The molecule has 5 nitrogen and oxygen atoms in total. The number of carbonyl (C=O) groups excluding carboxylic acids is 1. The van der Waals surface area contributed by atoms with Crippen molar-refractivity contribution in [2.75, 3.05) is 0 Å². The van der Waals surface area contributed by atoms with E-state index in [0.717, 1.165) is 5.56 Å². The first kappa shape index (κ1) is 15.7. The molecule has 0 fully saturated rings. The van der Waals surface area contributed by atoms with E-state index in [1.807, 2.05) is 0 Å². The highest BCUT2D eigenvalue weighted by Gasteiger charge is 2.26. The number of benzene rings is 1. The second-order valence-electron chi connectivity index (χ2n) is 5.14. The lowest BCUT2D eigenvalue weighted by molar-refractivity contribution is -0.130. The summed E-state index contributed by atoms with van der Waals surface area (Å²) in [5.74, 6) is 0.980. The lowest BCUT2D eigenvalue weighted by atomic mass is 10.2. The summed E-state index contributed by atoms with van der Waals surface area (Å²) in [5.41, 5.74) is 0.897.